The quantitative estimate of drug-likeness (QED) is 0.807. The van der Waals surface area contributed by atoms with Gasteiger partial charge in [-0.25, -0.2) is 0 Å². The lowest BCUT2D eigenvalue weighted by molar-refractivity contribution is 0.250. The van der Waals surface area contributed by atoms with E-state index in [0.29, 0.717) is 16.9 Å². The van der Waals surface area contributed by atoms with Crippen molar-refractivity contribution in [3.05, 3.63) is 6.33 Å². The number of hydrogen-bond donors (Lipinski definition) is 0. The van der Waals surface area contributed by atoms with Crippen LogP contribution in [0.2, 0.25) is 0 Å². The molecule has 2 aromatic rings. The lowest BCUT2D eigenvalue weighted by atomic mass is 10.1. The van der Waals surface area contributed by atoms with Crippen molar-refractivity contribution in [3.8, 4) is 10.9 Å². The van der Waals surface area contributed by atoms with Gasteiger partial charge < -0.3 is 14.3 Å². The van der Waals surface area contributed by atoms with Crippen LogP contribution in [0, 0.1) is 0 Å². The van der Waals surface area contributed by atoms with Gasteiger partial charge in [0.05, 0.1) is 0 Å². The van der Waals surface area contributed by atoms with Crippen LogP contribution in [-0.2, 0) is 0 Å². The lowest BCUT2D eigenvalue weighted by Crippen LogP contribution is -2.37. The number of rotatable bonds is 2. The van der Waals surface area contributed by atoms with Crippen LogP contribution in [-0.4, -0.2) is 57.5 Å². The number of aromatic nitrogens is 4. The predicted molar refractivity (Wildman–Crippen MR) is 70.0 cm³/mol. The van der Waals surface area contributed by atoms with Crippen molar-refractivity contribution in [2.45, 2.75) is 18.9 Å². The first-order chi connectivity index (χ1) is 9.40. The molecule has 3 aliphatic heterocycles. The standard InChI is InChI=1S/C11H14N6OS/c1-3-16-4-2-8(1)17(6-5-16)11-15-14-10(19-11)9-12-7-13-18-9/h7-8H,1-6H2. The molecule has 0 aromatic carbocycles. The number of piperidine rings is 1. The van der Waals surface area contributed by atoms with Crippen molar-refractivity contribution in [1.29, 1.82) is 0 Å². The Morgan fingerprint density at radius 2 is 2.05 bits per heavy atom. The molecule has 0 amide bonds. The van der Waals surface area contributed by atoms with E-state index in [1.807, 2.05) is 0 Å². The second-order valence-corrected chi connectivity index (χ2v) is 5.86. The molecule has 0 aliphatic carbocycles. The first-order valence-electron chi connectivity index (χ1n) is 6.50. The van der Waals surface area contributed by atoms with E-state index in [9.17, 15) is 0 Å². The van der Waals surface area contributed by atoms with E-state index in [-0.39, 0.29) is 0 Å². The Morgan fingerprint density at radius 3 is 2.84 bits per heavy atom. The van der Waals surface area contributed by atoms with Crippen LogP contribution in [0.3, 0.4) is 0 Å². The summed E-state index contributed by atoms with van der Waals surface area (Å²) in [7, 11) is 0. The maximum atomic E-state index is 5.03. The summed E-state index contributed by atoms with van der Waals surface area (Å²) in [5, 5.41) is 13.7. The fourth-order valence-electron chi connectivity index (χ4n) is 2.82. The second kappa shape index (κ2) is 4.53. The average Bonchev–Trinajstić information content (AvgIpc) is 3.05. The molecule has 0 unspecified atom stereocenters. The molecule has 7 nitrogen and oxygen atoms in total. The van der Waals surface area contributed by atoms with E-state index in [1.54, 1.807) is 0 Å². The molecule has 0 saturated carbocycles. The third kappa shape index (κ3) is 2.00. The molecule has 0 atom stereocenters. The molecule has 8 heteroatoms. The van der Waals surface area contributed by atoms with Crippen molar-refractivity contribution >= 4 is 16.5 Å². The lowest BCUT2D eigenvalue weighted by Gasteiger charge is -2.30. The van der Waals surface area contributed by atoms with E-state index in [2.05, 4.69) is 30.1 Å². The zero-order valence-corrected chi connectivity index (χ0v) is 11.2. The van der Waals surface area contributed by atoms with Gasteiger partial charge in [-0.3, -0.25) is 0 Å². The first-order valence-corrected chi connectivity index (χ1v) is 7.31. The summed E-state index contributed by atoms with van der Waals surface area (Å²) in [4.78, 5) is 8.93. The van der Waals surface area contributed by atoms with Gasteiger partial charge in [-0.05, 0) is 12.8 Å². The first kappa shape index (κ1) is 11.3. The van der Waals surface area contributed by atoms with Crippen molar-refractivity contribution in [3.63, 3.8) is 0 Å². The summed E-state index contributed by atoms with van der Waals surface area (Å²) in [5.74, 6) is 0.451. The van der Waals surface area contributed by atoms with Gasteiger partial charge in [-0.15, -0.1) is 10.2 Å². The molecule has 19 heavy (non-hydrogen) atoms. The molecule has 3 saturated heterocycles. The van der Waals surface area contributed by atoms with Gasteiger partial charge in [0.2, 0.25) is 10.1 Å². The number of hydrogen-bond acceptors (Lipinski definition) is 8. The molecule has 0 radical (unpaired) electrons. The molecule has 0 N–H and O–H groups in total. The maximum Gasteiger partial charge on any atom is 0.288 e. The van der Waals surface area contributed by atoms with Crippen molar-refractivity contribution in [2.75, 3.05) is 31.1 Å². The summed E-state index contributed by atoms with van der Waals surface area (Å²) < 4.78 is 5.03. The molecule has 100 valence electrons. The molecule has 2 aromatic heterocycles. The summed E-state index contributed by atoms with van der Waals surface area (Å²) in [6.07, 6.45) is 3.82. The van der Waals surface area contributed by atoms with Crippen molar-refractivity contribution < 1.29 is 4.52 Å². The van der Waals surface area contributed by atoms with Gasteiger partial charge in [-0.1, -0.05) is 16.5 Å². The smallest absolute Gasteiger partial charge is 0.288 e. The van der Waals surface area contributed by atoms with Crippen molar-refractivity contribution in [2.24, 2.45) is 0 Å². The number of fused-ring (bicyclic) bond motifs is 4. The largest absolute Gasteiger partial charge is 0.342 e. The van der Waals surface area contributed by atoms with Gasteiger partial charge >= 0.3 is 0 Å². The fraction of sp³-hybridized carbons (Fsp3) is 0.636. The average molecular weight is 278 g/mol. The minimum Gasteiger partial charge on any atom is -0.342 e. The summed E-state index contributed by atoms with van der Waals surface area (Å²) in [5.41, 5.74) is 0. The number of anilines is 1. The van der Waals surface area contributed by atoms with E-state index >= 15 is 0 Å². The Labute approximate surface area is 114 Å². The minimum atomic E-state index is 0.451. The third-order valence-electron chi connectivity index (χ3n) is 3.86. The van der Waals surface area contributed by atoms with E-state index in [0.717, 1.165) is 18.2 Å². The minimum absolute atomic E-state index is 0.451. The zero-order chi connectivity index (χ0) is 12.7. The highest BCUT2D eigenvalue weighted by atomic mass is 32.1. The summed E-state index contributed by atoms with van der Waals surface area (Å²) in [6.45, 7) is 4.56. The second-order valence-electron chi connectivity index (χ2n) is 4.90. The third-order valence-corrected chi connectivity index (χ3v) is 4.81. The molecule has 3 fully saturated rings. The Bertz CT molecular complexity index is 547. The molecular formula is C11H14N6OS. The molecule has 5 heterocycles. The normalized spacial score (nSPS) is 26.6. The SMILES string of the molecule is c1noc(-c2nnc(N3CCN4CCC3CC4)s2)n1. The van der Waals surface area contributed by atoms with Crippen LogP contribution < -0.4 is 4.90 Å². The number of nitrogens with zero attached hydrogens (tertiary/aromatic N) is 6. The highest BCUT2D eigenvalue weighted by molar-refractivity contribution is 7.18. The van der Waals surface area contributed by atoms with Crippen LogP contribution in [0.5, 0.6) is 0 Å². The van der Waals surface area contributed by atoms with Crippen LogP contribution in [0.4, 0.5) is 5.13 Å². The van der Waals surface area contributed by atoms with Crippen LogP contribution >= 0.6 is 11.3 Å². The Morgan fingerprint density at radius 1 is 1.16 bits per heavy atom. The van der Waals surface area contributed by atoms with E-state index in [4.69, 9.17) is 4.52 Å². The highest BCUT2D eigenvalue weighted by Gasteiger charge is 2.31. The molecule has 0 spiro atoms. The van der Waals surface area contributed by atoms with Gasteiger partial charge in [0.1, 0.15) is 0 Å². The van der Waals surface area contributed by atoms with E-state index in [1.165, 1.54) is 43.6 Å². The van der Waals surface area contributed by atoms with Crippen molar-refractivity contribution in [1.82, 2.24) is 25.2 Å². The molecule has 3 aliphatic rings. The molecule has 5 rings (SSSR count). The highest BCUT2D eigenvalue weighted by Crippen LogP contribution is 2.32. The Balaban J connectivity index is 1.62. The maximum absolute atomic E-state index is 5.03. The van der Waals surface area contributed by atoms with Gasteiger partial charge in [0.25, 0.3) is 5.89 Å². The molecular weight excluding hydrogens is 264 g/mol. The van der Waals surface area contributed by atoms with E-state index < -0.39 is 0 Å². The zero-order valence-electron chi connectivity index (χ0n) is 10.4. The summed E-state index contributed by atoms with van der Waals surface area (Å²) >= 11 is 1.53. The van der Waals surface area contributed by atoms with Gasteiger partial charge in [0, 0.05) is 32.2 Å². The van der Waals surface area contributed by atoms with Gasteiger partial charge in [0.15, 0.2) is 6.33 Å². The van der Waals surface area contributed by atoms with Gasteiger partial charge in [-0.2, -0.15) is 4.98 Å². The van der Waals surface area contributed by atoms with Crippen LogP contribution in [0.1, 0.15) is 12.8 Å². The summed E-state index contributed by atoms with van der Waals surface area (Å²) in [6, 6.07) is 0.599. The molecule has 2 bridgehead atoms. The monoisotopic (exact) mass is 278 g/mol. The Hall–Kier alpha value is -1.54. The topological polar surface area (TPSA) is 71.2 Å². The van der Waals surface area contributed by atoms with Crippen LogP contribution in [0.15, 0.2) is 10.9 Å². The Kier molecular flexibility index (Phi) is 2.70. The van der Waals surface area contributed by atoms with Crippen LogP contribution in [0.25, 0.3) is 10.9 Å². The predicted octanol–water partition coefficient (Wildman–Crippen LogP) is 0.873. The fourth-order valence-corrected chi connectivity index (χ4v) is 3.69.